The molecule has 100 valence electrons. The number of ether oxygens (including phenoxy) is 1. The summed E-state index contributed by atoms with van der Waals surface area (Å²) in [6.45, 7) is 2.08. The molecule has 0 radical (unpaired) electrons. The molecule has 0 unspecified atom stereocenters. The average Bonchev–Trinajstić information content (AvgIpc) is 2.38. The minimum absolute atomic E-state index is 0.365. The number of aromatic nitrogens is 1. The molecule has 1 N–H and O–H groups in total. The van der Waals surface area contributed by atoms with Gasteiger partial charge in [0.15, 0.2) is 0 Å². The number of rotatable bonds is 4. The van der Waals surface area contributed by atoms with Crippen molar-refractivity contribution in [1.29, 1.82) is 0 Å². The van der Waals surface area contributed by atoms with E-state index in [2.05, 4.69) is 36.8 Å². The van der Waals surface area contributed by atoms with Gasteiger partial charge in [0, 0.05) is 20.7 Å². The molecule has 0 amide bonds. The van der Waals surface area contributed by atoms with E-state index in [1.165, 1.54) is 0 Å². The molecule has 1 aromatic carbocycles. The van der Waals surface area contributed by atoms with E-state index in [4.69, 9.17) is 4.74 Å². The lowest BCUT2D eigenvalue weighted by Gasteiger charge is -2.13. The van der Waals surface area contributed by atoms with Crippen molar-refractivity contribution in [2.45, 2.75) is 19.6 Å². The van der Waals surface area contributed by atoms with Gasteiger partial charge in [0.25, 0.3) is 0 Å². The van der Waals surface area contributed by atoms with Crippen LogP contribution in [0, 0.1) is 0 Å². The molecule has 2 aromatic rings. The summed E-state index contributed by atoms with van der Waals surface area (Å²) in [5.41, 5.74) is 1.60. The fraction of sp³-hybridized carbons (Fsp3) is 0.214. The first-order valence-corrected chi connectivity index (χ1v) is 7.35. The highest BCUT2D eigenvalue weighted by Gasteiger charge is 2.10. The molecule has 0 aliphatic rings. The molecule has 0 saturated heterocycles. The van der Waals surface area contributed by atoms with E-state index in [9.17, 15) is 5.11 Å². The van der Waals surface area contributed by atoms with E-state index in [0.29, 0.717) is 12.4 Å². The monoisotopic (exact) mass is 385 g/mol. The van der Waals surface area contributed by atoms with Crippen molar-refractivity contribution in [2.24, 2.45) is 0 Å². The summed E-state index contributed by atoms with van der Waals surface area (Å²) in [5, 5.41) is 9.71. The van der Waals surface area contributed by atoms with Gasteiger partial charge in [-0.15, -0.1) is 0 Å². The van der Waals surface area contributed by atoms with Gasteiger partial charge in [-0.3, -0.25) is 4.98 Å². The molecule has 0 aliphatic heterocycles. The Bertz CT molecular complexity index is 556. The number of aliphatic hydroxyl groups excluding tert-OH is 1. The second-order valence-corrected chi connectivity index (χ2v) is 5.95. The fourth-order valence-electron chi connectivity index (χ4n) is 1.62. The van der Waals surface area contributed by atoms with Crippen LogP contribution in [0.3, 0.4) is 0 Å². The predicted molar refractivity (Wildman–Crippen MR) is 81.0 cm³/mol. The van der Waals surface area contributed by atoms with Gasteiger partial charge < -0.3 is 9.84 Å². The van der Waals surface area contributed by atoms with E-state index in [1.807, 2.05) is 30.3 Å². The molecule has 0 bridgehead atoms. The third-order valence-electron chi connectivity index (χ3n) is 2.59. The Morgan fingerprint density at radius 1 is 1.21 bits per heavy atom. The first-order valence-electron chi connectivity index (χ1n) is 5.77. The largest absolute Gasteiger partial charge is 0.487 e. The third kappa shape index (κ3) is 4.03. The molecule has 3 nitrogen and oxygen atoms in total. The maximum absolute atomic E-state index is 9.71. The number of pyridine rings is 1. The van der Waals surface area contributed by atoms with Crippen LogP contribution in [0.15, 0.2) is 45.5 Å². The summed E-state index contributed by atoms with van der Waals surface area (Å²) in [7, 11) is 0. The van der Waals surface area contributed by atoms with Crippen molar-refractivity contribution in [2.75, 3.05) is 0 Å². The second-order valence-electron chi connectivity index (χ2n) is 4.11. The lowest BCUT2D eigenvalue weighted by atomic mass is 10.1. The quantitative estimate of drug-likeness (QED) is 0.854. The third-order valence-corrected chi connectivity index (χ3v) is 3.55. The number of nitrogens with zero attached hydrogens (tertiary/aromatic N) is 1. The number of hydrogen-bond acceptors (Lipinski definition) is 3. The molecule has 0 aliphatic carbocycles. The zero-order valence-electron chi connectivity index (χ0n) is 10.3. The van der Waals surface area contributed by atoms with E-state index < -0.39 is 6.10 Å². The molecule has 5 heteroatoms. The van der Waals surface area contributed by atoms with Gasteiger partial charge in [0.05, 0.1) is 11.8 Å². The molecule has 0 spiro atoms. The number of benzene rings is 1. The predicted octanol–water partition coefficient (Wildman–Crippen LogP) is 4.24. The average molecular weight is 387 g/mol. The summed E-state index contributed by atoms with van der Waals surface area (Å²) >= 11 is 6.74. The highest BCUT2D eigenvalue weighted by molar-refractivity contribution is 9.10. The van der Waals surface area contributed by atoms with E-state index in [-0.39, 0.29) is 0 Å². The first kappa shape index (κ1) is 14.5. The summed E-state index contributed by atoms with van der Waals surface area (Å²) in [5.74, 6) is 0.661. The van der Waals surface area contributed by atoms with Crippen LogP contribution in [0.5, 0.6) is 5.75 Å². The lowest BCUT2D eigenvalue weighted by Crippen LogP contribution is -2.02. The Morgan fingerprint density at radius 3 is 2.58 bits per heavy atom. The van der Waals surface area contributed by atoms with Crippen molar-refractivity contribution in [3.8, 4) is 5.75 Å². The minimum atomic E-state index is -0.569. The Morgan fingerprint density at radius 2 is 1.95 bits per heavy atom. The Hall–Kier alpha value is -0.910. The van der Waals surface area contributed by atoms with Crippen LogP contribution in [0.25, 0.3) is 0 Å². The fourth-order valence-corrected chi connectivity index (χ4v) is 2.20. The normalized spacial score (nSPS) is 12.2. The number of halogens is 2. The van der Waals surface area contributed by atoms with Crippen molar-refractivity contribution < 1.29 is 9.84 Å². The van der Waals surface area contributed by atoms with Crippen LogP contribution in [0.2, 0.25) is 0 Å². The number of aliphatic hydroxyl groups is 1. The first-order chi connectivity index (χ1) is 9.06. The van der Waals surface area contributed by atoms with Crippen molar-refractivity contribution in [1.82, 2.24) is 4.98 Å². The van der Waals surface area contributed by atoms with E-state index >= 15 is 0 Å². The zero-order chi connectivity index (χ0) is 13.8. The SMILES string of the molecule is C[C@H](O)c1ccc(Br)cc1OCc1ccc(Br)cn1. The summed E-state index contributed by atoms with van der Waals surface area (Å²) in [4.78, 5) is 4.24. The van der Waals surface area contributed by atoms with Gasteiger partial charge in [-0.1, -0.05) is 22.0 Å². The van der Waals surface area contributed by atoms with Gasteiger partial charge in [-0.2, -0.15) is 0 Å². The highest BCUT2D eigenvalue weighted by atomic mass is 79.9. The molecular formula is C14H13Br2NO2. The topological polar surface area (TPSA) is 42.4 Å². The van der Waals surface area contributed by atoms with Crippen molar-refractivity contribution in [3.05, 3.63) is 56.7 Å². The van der Waals surface area contributed by atoms with E-state index in [0.717, 1.165) is 20.2 Å². The zero-order valence-corrected chi connectivity index (χ0v) is 13.5. The Kier molecular flexibility index (Phi) is 4.96. The summed E-state index contributed by atoms with van der Waals surface area (Å²) in [6.07, 6.45) is 1.16. The van der Waals surface area contributed by atoms with Crippen LogP contribution in [-0.2, 0) is 6.61 Å². The summed E-state index contributed by atoms with van der Waals surface area (Å²) < 4.78 is 7.58. The van der Waals surface area contributed by atoms with Crippen LogP contribution >= 0.6 is 31.9 Å². The van der Waals surface area contributed by atoms with Crippen LogP contribution < -0.4 is 4.74 Å². The minimum Gasteiger partial charge on any atom is -0.487 e. The highest BCUT2D eigenvalue weighted by Crippen LogP contribution is 2.29. The summed E-state index contributed by atoms with van der Waals surface area (Å²) in [6, 6.07) is 9.39. The van der Waals surface area contributed by atoms with Crippen molar-refractivity contribution >= 4 is 31.9 Å². The Labute approximate surface area is 128 Å². The second kappa shape index (κ2) is 6.50. The van der Waals surface area contributed by atoms with Crippen molar-refractivity contribution in [3.63, 3.8) is 0 Å². The molecule has 19 heavy (non-hydrogen) atoms. The smallest absolute Gasteiger partial charge is 0.130 e. The maximum Gasteiger partial charge on any atom is 0.130 e. The van der Waals surface area contributed by atoms with Gasteiger partial charge in [-0.25, -0.2) is 0 Å². The van der Waals surface area contributed by atoms with Gasteiger partial charge in [0.1, 0.15) is 12.4 Å². The Balaban J connectivity index is 2.14. The van der Waals surface area contributed by atoms with Crippen LogP contribution in [0.1, 0.15) is 24.3 Å². The number of hydrogen-bond donors (Lipinski definition) is 1. The van der Waals surface area contributed by atoms with Gasteiger partial charge in [-0.05, 0) is 47.1 Å². The molecule has 1 atom stereocenters. The van der Waals surface area contributed by atoms with Gasteiger partial charge >= 0.3 is 0 Å². The molecule has 1 aromatic heterocycles. The van der Waals surface area contributed by atoms with Crippen LogP contribution in [0.4, 0.5) is 0 Å². The molecule has 0 saturated carbocycles. The molecule has 0 fully saturated rings. The molecule has 2 rings (SSSR count). The molecule has 1 heterocycles. The van der Waals surface area contributed by atoms with Crippen LogP contribution in [-0.4, -0.2) is 10.1 Å². The lowest BCUT2D eigenvalue weighted by molar-refractivity contribution is 0.190. The molecular weight excluding hydrogens is 374 g/mol. The van der Waals surface area contributed by atoms with E-state index in [1.54, 1.807) is 13.1 Å². The maximum atomic E-state index is 9.71. The standard InChI is InChI=1S/C14H13Br2NO2/c1-9(18)13-5-3-10(15)6-14(13)19-8-12-4-2-11(16)7-17-12/h2-7,9,18H,8H2,1H3/t9-/m0/s1. The van der Waals surface area contributed by atoms with Gasteiger partial charge in [0.2, 0.25) is 0 Å².